The van der Waals surface area contributed by atoms with Crippen LogP contribution in [0.4, 0.5) is 22.0 Å². The van der Waals surface area contributed by atoms with E-state index >= 15 is 0 Å². The highest BCUT2D eigenvalue weighted by Gasteiger charge is 2.46. The van der Waals surface area contributed by atoms with Crippen molar-refractivity contribution in [1.29, 1.82) is 5.26 Å². The second-order valence-corrected chi connectivity index (χ2v) is 9.86. The van der Waals surface area contributed by atoms with Crippen molar-refractivity contribution in [2.24, 2.45) is 7.05 Å². The number of nitriles is 1. The number of rotatable bonds is 5. The fourth-order valence-electron chi connectivity index (χ4n) is 3.56. The van der Waals surface area contributed by atoms with Gasteiger partial charge in [-0.15, -0.1) is 22.7 Å². The molecule has 4 rings (SSSR count). The largest absolute Gasteiger partial charge is 0.420 e. The molecule has 0 saturated heterocycles. The summed E-state index contributed by atoms with van der Waals surface area (Å²) >= 11 is 2.00. The highest BCUT2D eigenvalue weighted by Crippen LogP contribution is 2.46. The zero-order valence-electron chi connectivity index (χ0n) is 17.6. The molecule has 0 aromatic carbocycles. The molecule has 5 nitrogen and oxygen atoms in total. The molecule has 3 aromatic heterocycles. The molecule has 1 aliphatic rings. The minimum atomic E-state index is -5.04. The van der Waals surface area contributed by atoms with Gasteiger partial charge in [0.2, 0.25) is 0 Å². The third kappa shape index (κ3) is 4.27. The number of aryl methyl sites for hydroxylation is 1. The Morgan fingerprint density at radius 1 is 1.24 bits per heavy atom. The Hall–Kier alpha value is -2.78. The molecule has 1 fully saturated rings. The van der Waals surface area contributed by atoms with E-state index in [9.17, 15) is 32.0 Å². The molecule has 0 radical (unpaired) electrons. The van der Waals surface area contributed by atoms with Crippen molar-refractivity contribution >= 4 is 28.6 Å². The molecule has 1 saturated carbocycles. The molecule has 3 aromatic rings. The number of alkyl halides is 5. The predicted molar refractivity (Wildman–Crippen MR) is 114 cm³/mol. The van der Waals surface area contributed by atoms with E-state index in [1.165, 1.54) is 13.1 Å². The summed E-state index contributed by atoms with van der Waals surface area (Å²) in [5.41, 5.74) is -2.54. The van der Waals surface area contributed by atoms with E-state index in [-0.39, 0.29) is 27.3 Å². The number of amides is 1. The van der Waals surface area contributed by atoms with Crippen molar-refractivity contribution in [2.45, 2.75) is 37.9 Å². The molecule has 1 amide bonds. The molecule has 0 spiro atoms. The van der Waals surface area contributed by atoms with Gasteiger partial charge in [0.15, 0.2) is 0 Å². The van der Waals surface area contributed by atoms with E-state index in [4.69, 9.17) is 0 Å². The topological polar surface area (TPSA) is 61.9 Å². The van der Waals surface area contributed by atoms with E-state index in [0.717, 1.165) is 40.2 Å². The van der Waals surface area contributed by atoms with Gasteiger partial charge >= 0.3 is 6.18 Å². The van der Waals surface area contributed by atoms with E-state index in [1.807, 2.05) is 6.07 Å². The first-order valence-corrected chi connectivity index (χ1v) is 11.5. The lowest BCUT2D eigenvalue weighted by Gasteiger charge is -2.15. The molecule has 0 aliphatic heterocycles. The first-order chi connectivity index (χ1) is 15.3. The fourth-order valence-corrected chi connectivity index (χ4v) is 5.56. The Bertz CT molecular complexity index is 1270. The van der Waals surface area contributed by atoms with Gasteiger partial charge in [0.1, 0.15) is 22.2 Å². The van der Waals surface area contributed by atoms with Crippen molar-refractivity contribution < 1.29 is 26.7 Å². The minimum absolute atomic E-state index is 0.0951. The van der Waals surface area contributed by atoms with Gasteiger partial charge < -0.3 is 4.90 Å². The summed E-state index contributed by atoms with van der Waals surface area (Å²) in [5.74, 6) is -4.06. The summed E-state index contributed by atoms with van der Waals surface area (Å²) in [6.07, 6.45) is -3.23. The number of carbonyl (C=O) groups excluding carboxylic acids is 1. The molecular formula is C21H17F5N4OS2. The van der Waals surface area contributed by atoms with Crippen molar-refractivity contribution in [3.05, 3.63) is 39.2 Å². The average molecular weight is 501 g/mol. The van der Waals surface area contributed by atoms with Gasteiger partial charge in [-0.05, 0) is 25.0 Å². The number of hydrogen-bond donors (Lipinski definition) is 0. The lowest BCUT2D eigenvalue weighted by atomic mass is 10.1. The van der Waals surface area contributed by atoms with Gasteiger partial charge in [-0.25, -0.2) is 0 Å². The lowest BCUT2D eigenvalue weighted by Crippen LogP contribution is -2.28. The SMILES string of the molecule is CN(C(=O)c1cc(-c2csc(-c3c(C(F)(F)F)c(C(C)(F)F)nn3C)c2)sc1C#N)C1CC1. The van der Waals surface area contributed by atoms with Crippen LogP contribution >= 0.6 is 22.7 Å². The molecule has 174 valence electrons. The Balaban J connectivity index is 1.77. The molecule has 0 unspecified atom stereocenters. The Morgan fingerprint density at radius 3 is 2.45 bits per heavy atom. The highest BCUT2D eigenvalue weighted by atomic mass is 32.1. The number of thiophene rings is 2. The monoisotopic (exact) mass is 500 g/mol. The van der Waals surface area contributed by atoms with Gasteiger partial charge in [0.25, 0.3) is 11.8 Å². The lowest BCUT2D eigenvalue weighted by molar-refractivity contribution is -0.141. The van der Waals surface area contributed by atoms with E-state index < -0.39 is 29.1 Å². The van der Waals surface area contributed by atoms with Gasteiger partial charge in [-0.1, -0.05) is 0 Å². The summed E-state index contributed by atoms with van der Waals surface area (Å²) in [5, 5.41) is 14.5. The van der Waals surface area contributed by atoms with Crippen LogP contribution in [0.3, 0.4) is 0 Å². The summed E-state index contributed by atoms with van der Waals surface area (Å²) < 4.78 is 69.8. The first-order valence-electron chi connectivity index (χ1n) is 9.75. The number of halogens is 5. The standard InChI is InChI=1S/C21H17F5N4OS2/c1-20(22,23)18-16(21(24,25)26)17(30(3)28-18)14-6-10(9-32-14)13-7-12(15(8-27)33-13)19(31)29(2)11-4-5-11/h6-7,9,11H,4-5H2,1-3H3. The van der Waals surface area contributed by atoms with Crippen molar-refractivity contribution in [2.75, 3.05) is 7.05 Å². The van der Waals surface area contributed by atoms with Crippen molar-refractivity contribution in [3.63, 3.8) is 0 Å². The summed E-state index contributed by atoms with van der Waals surface area (Å²) in [7, 11) is 2.85. The molecule has 0 atom stereocenters. The zero-order chi connectivity index (χ0) is 24.3. The maximum absolute atomic E-state index is 13.9. The predicted octanol–water partition coefficient (Wildman–Crippen LogP) is 6.11. The second kappa shape index (κ2) is 7.92. The minimum Gasteiger partial charge on any atom is -0.339 e. The van der Waals surface area contributed by atoms with Crippen LogP contribution < -0.4 is 0 Å². The fraction of sp³-hybridized carbons (Fsp3) is 0.381. The average Bonchev–Trinajstić information content (AvgIpc) is 3.13. The maximum Gasteiger partial charge on any atom is 0.420 e. The number of nitrogens with zero attached hydrogens (tertiary/aromatic N) is 4. The van der Waals surface area contributed by atoms with Crippen molar-refractivity contribution in [3.8, 4) is 27.1 Å². The zero-order valence-corrected chi connectivity index (χ0v) is 19.3. The number of hydrogen-bond acceptors (Lipinski definition) is 5. The second-order valence-electron chi connectivity index (χ2n) is 7.89. The molecule has 12 heteroatoms. The quantitative estimate of drug-likeness (QED) is 0.397. The third-order valence-corrected chi connectivity index (χ3v) is 7.37. The molecular weight excluding hydrogens is 483 g/mol. The molecule has 0 bridgehead atoms. The van der Waals surface area contributed by atoms with Gasteiger partial charge in [-0.2, -0.15) is 32.3 Å². The number of carbonyl (C=O) groups is 1. The highest BCUT2D eigenvalue weighted by molar-refractivity contribution is 7.17. The van der Waals surface area contributed by atoms with Crippen LogP contribution in [0.5, 0.6) is 0 Å². The first kappa shape index (κ1) is 23.4. The molecule has 0 N–H and O–H groups in total. The van der Waals surface area contributed by atoms with Crippen LogP contribution in [0, 0.1) is 11.3 Å². The summed E-state index contributed by atoms with van der Waals surface area (Å²) in [4.78, 5) is 15.2. The third-order valence-electron chi connectivity index (χ3n) is 5.34. The van der Waals surface area contributed by atoms with Crippen LogP contribution in [0.15, 0.2) is 17.5 Å². The van der Waals surface area contributed by atoms with Crippen LogP contribution in [0.25, 0.3) is 21.0 Å². The van der Waals surface area contributed by atoms with Crippen LogP contribution in [-0.2, 0) is 19.1 Å². The van der Waals surface area contributed by atoms with Crippen LogP contribution in [0.2, 0.25) is 0 Å². The van der Waals surface area contributed by atoms with E-state index in [2.05, 4.69) is 5.10 Å². The van der Waals surface area contributed by atoms with Crippen LogP contribution in [0.1, 0.15) is 46.3 Å². The Morgan fingerprint density at radius 2 is 1.91 bits per heavy atom. The number of aromatic nitrogens is 2. The Kier molecular flexibility index (Phi) is 5.61. The van der Waals surface area contributed by atoms with E-state index in [1.54, 1.807) is 23.4 Å². The normalized spacial score (nSPS) is 14.4. The van der Waals surface area contributed by atoms with Crippen molar-refractivity contribution in [1.82, 2.24) is 14.7 Å². The van der Waals surface area contributed by atoms with Gasteiger partial charge in [-0.3, -0.25) is 9.48 Å². The summed E-state index contributed by atoms with van der Waals surface area (Å²) in [6, 6.07) is 5.14. The summed E-state index contributed by atoms with van der Waals surface area (Å²) in [6.45, 7) is 0.375. The Labute approximate surface area is 193 Å². The smallest absolute Gasteiger partial charge is 0.339 e. The van der Waals surface area contributed by atoms with Gasteiger partial charge in [0, 0.05) is 42.9 Å². The molecule has 33 heavy (non-hydrogen) atoms. The van der Waals surface area contributed by atoms with E-state index in [0.29, 0.717) is 17.4 Å². The van der Waals surface area contributed by atoms with Crippen LogP contribution in [-0.4, -0.2) is 33.7 Å². The molecule has 1 aliphatic carbocycles. The van der Waals surface area contributed by atoms with Gasteiger partial charge in [0.05, 0.1) is 16.1 Å². The molecule has 3 heterocycles. The maximum atomic E-state index is 13.9.